The van der Waals surface area contributed by atoms with Crippen molar-refractivity contribution in [2.24, 2.45) is 0 Å². The van der Waals surface area contributed by atoms with Gasteiger partial charge in [-0.15, -0.1) is 23.1 Å². The van der Waals surface area contributed by atoms with Crippen molar-refractivity contribution in [2.75, 3.05) is 30.9 Å². The number of nitrogens with zero attached hydrogens (tertiary/aromatic N) is 1. The fourth-order valence-electron chi connectivity index (χ4n) is 2.22. The highest BCUT2D eigenvalue weighted by atomic mass is 32.2. The van der Waals surface area contributed by atoms with Gasteiger partial charge in [-0.25, -0.2) is 4.98 Å². The molecule has 0 atom stereocenters. The van der Waals surface area contributed by atoms with E-state index in [1.165, 1.54) is 23.1 Å². The van der Waals surface area contributed by atoms with Crippen molar-refractivity contribution in [3.8, 4) is 11.5 Å². The molecule has 1 N–H and O–H groups in total. The summed E-state index contributed by atoms with van der Waals surface area (Å²) >= 11 is 2.68. The zero-order valence-electron chi connectivity index (χ0n) is 14.1. The van der Waals surface area contributed by atoms with E-state index < -0.39 is 0 Å². The molecule has 0 fully saturated rings. The quantitative estimate of drug-likeness (QED) is 0.571. The molecule has 0 aliphatic carbocycles. The van der Waals surface area contributed by atoms with Gasteiger partial charge in [0.05, 0.1) is 24.5 Å². The summed E-state index contributed by atoms with van der Waals surface area (Å²) in [4.78, 5) is 28.7. The third-order valence-electron chi connectivity index (χ3n) is 3.31. The fraction of sp³-hybridized carbons (Fsp3) is 0.353. The van der Waals surface area contributed by atoms with Crippen LogP contribution in [0.25, 0.3) is 0 Å². The first-order chi connectivity index (χ1) is 12.6. The molecule has 9 heteroatoms. The summed E-state index contributed by atoms with van der Waals surface area (Å²) in [6, 6.07) is 5.61. The summed E-state index contributed by atoms with van der Waals surface area (Å²) in [5.74, 6) is 1.17. The number of aromatic nitrogens is 1. The number of carbonyl (C=O) groups is 2. The number of nitrogens with one attached hydrogen (secondary N) is 1. The molecule has 0 saturated heterocycles. The van der Waals surface area contributed by atoms with Gasteiger partial charge in [0, 0.05) is 10.3 Å². The molecule has 1 aromatic carbocycles. The molecule has 0 saturated carbocycles. The highest BCUT2D eigenvalue weighted by Crippen LogP contribution is 2.34. The molecule has 7 nitrogen and oxygen atoms in total. The van der Waals surface area contributed by atoms with Crippen LogP contribution in [0, 0.1) is 0 Å². The Bertz CT molecular complexity index is 793. The van der Waals surface area contributed by atoms with E-state index in [9.17, 15) is 9.59 Å². The van der Waals surface area contributed by atoms with Crippen molar-refractivity contribution >= 4 is 40.1 Å². The Balaban J connectivity index is 1.48. The predicted octanol–water partition coefficient (Wildman–Crippen LogP) is 2.75. The second-order valence-corrected chi connectivity index (χ2v) is 7.17. The number of hydrogen-bond donors (Lipinski definition) is 1. The number of benzene rings is 1. The average Bonchev–Trinajstić information content (AvgIpc) is 3.06. The van der Waals surface area contributed by atoms with E-state index in [1.807, 2.05) is 18.2 Å². The minimum absolute atomic E-state index is 0.103. The van der Waals surface area contributed by atoms with E-state index in [0.717, 1.165) is 10.6 Å². The fourth-order valence-corrected chi connectivity index (χ4v) is 3.67. The molecule has 0 bridgehead atoms. The van der Waals surface area contributed by atoms with Crippen LogP contribution in [0.1, 0.15) is 12.6 Å². The van der Waals surface area contributed by atoms with Crippen molar-refractivity contribution < 1.29 is 23.8 Å². The summed E-state index contributed by atoms with van der Waals surface area (Å²) in [5.41, 5.74) is 0.586. The van der Waals surface area contributed by atoms with E-state index in [0.29, 0.717) is 36.4 Å². The number of rotatable bonds is 7. The van der Waals surface area contributed by atoms with E-state index in [2.05, 4.69) is 10.3 Å². The molecule has 1 amide bonds. The van der Waals surface area contributed by atoms with Gasteiger partial charge in [-0.1, -0.05) is 0 Å². The number of esters is 1. The Labute approximate surface area is 159 Å². The van der Waals surface area contributed by atoms with E-state index in [4.69, 9.17) is 14.2 Å². The second-order valence-electron chi connectivity index (χ2n) is 5.27. The number of fused-ring (bicyclic) bond motifs is 1. The first kappa shape index (κ1) is 18.5. The van der Waals surface area contributed by atoms with Gasteiger partial charge >= 0.3 is 5.97 Å². The Kier molecular flexibility index (Phi) is 6.35. The maximum atomic E-state index is 12.1. The molecule has 0 spiro atoms. The molecule has 2 heterocycles. The molecule has 3 rings (SSSR count). The largest absolute Gasteiger partial charge is 0.486 e. The molecule has 2 aromatic rings. The lowest BCUT2D eigenvalue weighted by Gasteiger charge is -2.18. The SMILES string of the molecule is CCOC(=O)Cc1csc(NC(=O)CSc2ccc3c(c2)OCCO3)n1. The number of thioether (sulfide) groups is 1. The monoisotopic (exact) mass is 394 g/mol. The lowest BCUT2D eigenvalue weighted by Crippen LogP contribution is -2.15. The molecule has 26 heavy (non-hydrogen) atoms. The zero-order valence-corrected chi connectivity index (χ0v) is 15.8. The number of thiazole rings is 1. The van der Waals surface area contributed by atoms with Crippen LogP contribution in [0.15, 0.2) is 28.5 Å². The summed E-state index contributed by atoms with van der Waals surface area (Å²) in [6.07, 6.45) is 0.103. The standard InChI is InChI=1S/C17H18N2O5S2/c1-2-22-16(21)7-11-9-26-17(18-11)19-15(20)10-25-12-3-4-13-14(8-12)24-6-5-23-13/h3-4,8-9H,2,5-7,10H2,1H3,(H,18,19,20). The molecular weight excluding hydrogens is 376 g/mol. The Hall–Kier alpha value is -2.26. The Morgan fingerprint density at radius 2 is 2.12 bits per heavy atom. The topological polar surface area (TPSA) is 86.8 Å². The van der Waals surface area contributed by atoms with E-state index in [1.54, 1.807) is 12.3 Å². The summed E-state index contributed by atoms with van der Waals surface area (Å²) in [5, 5.41) is 4.95. The Morgan fingerprint density at radius 3 is 2.92 bits per heavy atom. The van der Waals surface area contributed by atoms with Gasteiger partial charge in [0.15, 0.2) is 16.6 Å². The first-order valence-electron chi connectivity index (χ1n) is 8.06. The maximum absolute atomic E-state index is 12.1. The van der Waals surface area contributed by atoms with Crippen molar-refractivity contribution in [1.29, 1.82) is 0 Å². The van der Waals surface area contributed by atoms with Crippen LogP contribution in [0.3, 0.4) is 0 Å². The third kappa shape index (κ3) is 5.12. The van der Waals surface area contributed by atoms with Gasteiger partial charge in [-0.05, 0) is 25.1 Å². The van der Waals surface area contributed by atoms with Crippen molar-refractivity contribution in [2.45, 2.75) is 18.2 Å². The second kappa shape index (κ2) is 8.91. The third-order valence-corrected chi connectivity index (χ3v) is 5.11. The predicted molar refractivity (Wildman–Crippen MR) is 99.2 cm³/mol. The number of carbonyl (C=O) groups excluding carboxylic acids is 2. The van der Waals surface area contributed by atoms with Crippen LogP contribution in [0.4, 0.5) is 5.13 Å². The molecule has 1 aliphatic rings. The van der Waals surface area contributed by atoms with Crippen LogP contribution in [0.2, 0.25) is 0 Å². The van der Waals surface area contributed by atoms with Crippen molar-refractivity contribution in [1.82, 2.24) is 4.98 Å². The minimum atomic E-state index is -0.329. The van der Waals surface area contributed by atoms with Crippen LogP contribution in [0.5, 0.6) is 11.5 Å². The number of ether oxygens (including phenoxy) is 3. The summed E-state index contributed by atoms with van der Waals surface area (Å²) < 4.78 is 15.9. The lowest BCUT2D eigenvalue weighted by atomic mass is 10.3. The highest BCUT2D eigenvalue weighted by Gasteiger charge is 2.14. The van der Waals surface area contributed by atoms with Gasteiger partial charge in [0.2, 0.25) is 5.91 Å². The van der Waals surface area contributed by atoms with Crippen LogP contribution < -0.4 is 14.8 Å². The van der Waals surface area contributed by atoms with Gasteiger partial charge in [0.25, 0.3) is 0 Å². The van der Waals surface area contributed by atoms with Crippen LogP contribution in [-0.4, -0.2) is 42.4 Å². The van der Waals surface area contributed by atoms with Gasteiger partial charge in [-0.3, -0.25) is 9.59 Å². The molecule has 0 radical (unpaired) electrons. The van der Waals surface area contributed by atoms with E-state index >= 15 is 0 Å². The van der Waals surface area contributed by atoms with Gasteiger partial charge in [0.1, 0.15) is 13.2 Å². The van der Waals surface area contributed by atoms with Crippen LogP contribution in [-0.2, 0) is 20.7 Å². The minimum Gasteiger partial charge on any atom is -0.486 e. The Morgan fingerprint density at radius 1 is 1.31 bits per heavy atom. The zero-order chi connectivity index (χ0) is 18.4. The number of amides is 1. The van der Waals surface area contributed by atoms with Crippen LogP contribution >= 0.6 is 23.1 Å². The van der Waals surface area contributed by atoms with Crippen molar-refractivity contribution in [3.63, 3.8) is 0 Å². The van der Waals surface area contributed by atoms with Gasteiger partial charge in [-0.2, -0.15) is 0 Å². The number of hydrogen-bond acceptors (Lipinski definition) is 8. The smallest absolute Gasteiger partial charge is 0.311 e. The summed E-state index contributed by atoms with van der Waals surface area (Å²) in [7, 11) is 0. The average molecular weight is 394 g/mol. The molecule has 1 aromatic heterocycles. The van der Waals surface area contributed by atoms with Gasteiger partial charge < -0.3 is 19.5 Å². The lowest BCUT2D eigenvalue weighted by molar-refractivity contribution is -0.142. The summed E-state index contributed by atoms with van der Waals surface area (Å²) in [6.45, 7) is 3.17. The normalized spacial score (nSPS) is 12.5. The highest BCUT2D eigenvalue weighted by molar-refractivity contribution is 8.00. The molecule has 0 unspecified atom stereocenters. The molecule has 138 valence electrons. The number of anilines is 1. The first-order valence-corrected chi connectivity index (χ1v) is 9.93. The van der Waals surface area contributed by atoms with Crippen molar-refractivity contribution in [3.05, 3.63) is 29.3 Å². The maximum Gasteiger partial charge on any atom is 0.311 e. The van der Waals surface area contributed by atoms with E-state index in [-0.39, 0.29) is 24.1 Å². The molecule has 1 aliphatic heterocycles. The molecular formula is C17H18N2O5S2.